The standard InChI is InChI=1S/C7H10N8OS/c1-15-4(12-14-7(15)17-2)3-5(16)9-6(10-8)13-11-3/h8H2,1-2H3,(H2,9,10,13,16). The molecule has 0 saturated carbocycles. The summed E-state index contributed by atoms with van der Waals surface area (Å²) < 4.78 is 1.67. The molecule has 4 N–H and O–H groups in total. The molecule has 0 aromatic carbocycles. The predicted molar refractivity (Wildman–Crippen MR) is 62.2 cm³/mol. The SMILES string of the molecule is CSc1nnc(-c2nnc(NN)[nH]c2=O)n1C. The molecule has 90 valence electrons. The van der Waals surface area contributed by atoms with Gasteiger partial charge in [0.2, 0.25) is 5.95 Å². The maximum Gasteiger partial charge on any atom is 0.282 e. The topological polar surface area (TPSA) is 127 Å². The smallest absolute Gasteiger partial charge is 0.282 e. The van der Waals surface area contributed by atoms with Gasteiger partial charge in [-0.05, 0) is 6.26 Å². The first-order valence-corrected chi connectivity index (χ1v) is 5.77. The Bertz CT molecular complexity index is 590. The van der Waals surface area contributed by atoms with Crippen LogP contribution in [0.2, 0.25) is 0 Å². The predicted octanol–water partition coefficient (Wildman–Crippen LogP) is -1.03. The summed E-state index contributed by atoms with van der Waals surface area (Å²) in [6.45, 7) is 0. The average molecular weight is 254 g/mol. The number of hydrazine groups is 1. The fraction of sp³-hybridized carbons (Fsp3) is 0.286. The first kappa shape index (κ1) is 11.5. The molecule has 0 aliphatic heterocycles. The van der Waals surface area contributed by atoms with Crippen molar-refractivity contribution >= 4 is 17.7 Å². The van der Waals surface area contributed by atoms with Crippen molar-refractivity contribution in [2.24, 2.45) is 12.9 Å². The van der Waals surface area contributed by atoms with E-state index in [1.165, 1.54) is 11.8 Å². The third-order valence-electron chi connectivity index (χ3n) is 2.06. The molecule has 17 heavy (non-hydrogen) atoms. The second-order valence-electron chi connectivity index (χ2n) is 3.06. The van der Waals surface area contributed by atoms with Crippen molar-refractivity contribution < 1.29 is 0 Å². The maximum absolute atomic E-state index is 11.7. The zero-order chi connectivity index (χ0) is 12.4. The van der Waals surface area contributed by atoms with Crippen molar-refractivity contribution in [3.8, 4) is 11.5 Å². The average Bonchev–Trinajstić information content (AvgIpc) is 2.70. The molecule has 10 heteroatoms. The summed E-state index contributed by atoms with van der Waals surface area (Å²) >= 11 is 1.42. The molecule has 2 aromatic heterocycles. The van der Waals surface area contributed by atoms with E-state index in [-0.39, 0.29) is 11.6 Å². The van der Waals surface area contributed by atoms with Crippen molar-refractivity contribution in [3.63, 3.8) is 0 Å². The van der Waals surface area contributed by atoms with E-state index >= 15 is 0 Å². The number of hydrogen-bond donors (Lipinski definition) is 3. The summed E-state index contributed by atoms with van der Waals surface area (Å²) in [6, 6.07) is 0. The minimum Gasteiger partial charge on any atom is -0.304 e. The lowest BCUT2D eigenvalue weighted by Gasteiger charge is -2.01. The highest BCUT2D eigenvalue weighted by molar-refractivity contribution is 7.98. The van der Waals surface area contributed by atoms with Crippen LogP contribution in [0.5, 0.6) is 0 Å². The van der Waals surface area contributed by atoms with E-state index in [4.69, 9.17) is 5.84 Å². The number of nitrogen functional groups attached to an aromatic ring is 1. The summed E-state index contributed by atoms with van der Waals surface area (Å²) in [5.41, 5.74) is 1.86. The Morgan fingerprint density at radius 1 is 1.35 bits per heavy atom. The Morgan fingerprint density at radius 3 is 2.65 bits per heavy atom. The summed E-state index contributed by atoms with van der Waals surface area (Å²) in [4.78, 5) is 14.1. The second-order valence-corrected chi connectivity index (χ2v) is 3.84. The van der Waals surface area contributed by atoms with Crippen LogP contribution in [0, 0.1) is 0 Å². The maximum atomic E-state index is 11.7. The molecular weight excluding hydrogens is 244 g/mol. The van der Waals surface area contributed by atoms with Gasteiger partial charge >= 0.3 is 0 Å². The molecule has 9 nitrogen and oxygen atoms in total. The first-order valence-electron chi connectivity index (χ1n) is 4.54. The van der Waals surface area contributed by atoms with Crippen LogP contribution in [-0.4, -0.2) is 36.2 Å². The minimum atomic E-state index is -0.434. The monoisotopic (exact) mass is 254 g/mol. The van der Waals surface area contributed by atoms with Gasteiger partial charge in [0.1, 0.15) is 0 Å². The molecule has 0 saturated heterocycles. The quantitative estimate of drug-likeness (QED) is 0.360. The Kier molecular flexibility index (Phi) is 3.06. The van der Waals surface area contributed by atoms with Gasteiger partial charge in [-0.3, -0.25) is 15.2 Å². The Hall–Kier alpha value is -1.94. The van der Waals surface area contributed by atoms with Crippen LogP contribution in [-0.2, 0) is 7.05 Å². The zero-order valence-corrected chi connectivity index (χ0v) is 9.95. The van der Waals surface area contributed by atoms with E-state index < -0.39 is 5.56 Å². The number of H-pyrrole nitrogens is 1. The van der Waals surface area contributed by atoms with E-state index in [1.807, 2.05) is 6.26 Å². The van der Waals surface area contributed by atoms with Gasteiger partial charge in [0.05, 0.1) is 0 Å². The molecule has 0 aliphatic carbocycles. The Morgan fingerprint density at radius 2 is 2.12 bits per heavy atom. The third kappa shape index (κ3) is 1.99. The normalized spacial score (nSPS) is 10.5. The number of nitrogens with two attached hydrogens (primary N) is 1. The first-order chi connectivity index (χ1) is 8.17. The van der Waals surface area contributed by atoms with Gasteiger partial charge in [0.15, 0.2) is 16.7 Å². The minimum absolute atomic E-state index is 0.0889. The van der Waals surface area contributed by atoms with E-state index in [0.717, 1.165) is 0 Å². The van der Waals surface area contributed by atoms with Crippen LogP contribution in [0.15, 0.2) is 9.95 Å². The van der Waals surface area contributed by atoms with Crippen LogP contribution in [0.3, 0.4) is 0 Å². The number of hydrogen-bond acceptors (Lipinski definition) is 8. The van der Waals surface area contributed by atoms with Gasteiger partial charge in [-0.2, -0.15) is 0 Å². The van der Waals surface area contributed by atoms with Crippen molar-refractivity contribution in [2.75, 3.05) is 11.7 Å². The fourth-order valence-corrected chi connectivity index (χ4v) is 1.73. The van der Waals surface area contributed by atoms with Gasteiger partial charge in [-0.15, -0.1) is 20.4 Å². The Balaban J connectivity index is 2.53. The van der Waals surface area contributed by atoms with E-state index in [0.29, 0.717) is 11.0 Å². The number of aromatic amines is 1. The summed E-state index contributed by atoms with van der Waals surface area (Å²) in [5.74, 6) is 5.55. The number of anilines is 1. The number of nitrogens with one attached hydrogen (secondary N) is 2. The van der Waals surface area contributed by atoms with E-state index in [9.17, 15) is 4.79 Å². The summed E-state index contributed by atoms with van der Waals surface area (Å²) in [5, 5.41) is 15.9. The van der Waals surface area contributed by atoms with Crippen LogP contribution < -0.4 is 16.8 Å². The van der Waals surface area contributed by atoms with Crippen molar-refractivity contribution in [2.45, 2.75) is 5.16 Å². The largest absolute Gasteiger partial charge is 0.304 e. The van der Waals surface area contributed by atoms with Gasteiger partial charge in [-0.1, -0.05) is 11.8 Å². The third-order valence-corrected chi connectivity index (χ3v) is 2.78. The molecule has 2 aromatic rings. The lowest BCUT2D eigenvalue weighted by molar-refractivity contribution is 0.789. The van der Waals surface area contributed by atoms with Crippen LogP contribution in [0.25, 0.3) is 11.5 Å². The molecule has 0 spiro atoms. The van der Waals surface area contributed by atoms with Crippen LogP contribution in [0.1, 0.15) is 0 Å². The molecule has 0 unspecified atom stereocenters. The molecule has 0 radical (unpaired) electrons. The molecule has 0 atom stereocenters. The lowest BCUT2D eigenvalue weighted by Crippen LogP contribution is -2.20. The van der Waals surface area contributed by atoms with E-state index in [1.54, 1.807) is 11.6 Å². The molecule has 0 fully saturated rings. The van der Waals surface area contributed by atoms with Gasteiger partial charge < -0.3 is 4.57 Å². The van der Waals surface area contributed by atoms with Crippen molar-refractivity contribution in [1.82, 2.24) is 29.9 Å². The van der Waals surface area contributed by atoms with Crippen molar-refractivity contribution in [1.29, 1.82) is 0 Å². The number of thioether (sulfide) groups is 1. The molecule has 2 rings (SSSR count). The zero-order valence-electron chi connectivity index (χ0n) is 9.13. The number of aromatic nitrogens is 6. The van der Waals surface area contributed by atoms with Crippen LogP contribution in [0.4, 0.5) is 5.95 Å². The molecule has 0 aliphatic rings. The second kappa shape index (κ2) is 4.51. The molecule has 0 bridgehead atoms. The van der Waals surface area contributed by atoms with Gasteiger partial charge in [0, 0.05) is 7.05 Å². The van der Waals surface area contributed by atoms with Crippen molar-refractivity contribution in [3.05, 3.63) is 10.4 Å². The molecule has 2 heterocycles. The number of nitrogens with zero attached hydrogens (tertiary/aromatic N) is 5. The summed E-state index contributed by atoms with van der Waals surface area (Å²) in [7, 11) is 1.75. The van der Waals surface area contributed by atoms with Crippen LogP contribution >= 0.6 is 11.8 Å². The summed E-state index contributed by atoms with van der Waals surface area (Å²) in [6.07, 6.45) is 1.87. The number of rotatable bonds is 3. The van der Waals surface area contributed by atoms with Gasteiger partial charge in [-0.25, -0.2) is 5.84 Å². The van der Waals surface area contributed by atoms with Gasteiger partial charge in [0.25, 0.3) is 5.56 Å². The Labute approximate surface area is 99.8 Å². The highest BCUT2D eigenvalue weighted by atomic mass is 32.2. The van der Waals surface area contributed by atoms with E-state index in [2.05, 4.69) is 30.8 Å². The molecular formula is C7H10N8OS. The highest BCUT2D eigenvalue weighted by Gasteiger charge is 2.15. The molecule has 0 amide bonds. The fourth-order valence-electron chi connectivity index (χ4n) is 1.25. The highest BCUT2D eigenvalue weighted by Crippen LogP contribution is 2.16. The lowest BCUT2D eigenvalue weighted by atomic mass is 10.4.